The predicted octanol–water partition coefficient (Wildman–Crippen LogP) is 2.45. The lowest BCUT2D eigenvalue weighted by Gasteiger charge is -2.31. The molecular weight excluding hydrogens is 316 g/mol. The predicted molar refractivity (Wildman–Crippen MR) is 83.8 cm³/mol. The summed E-state index contributed by atoms with van der Waals surface area (Å²) >= 11 is 0. The highest BCUT2D eigenvalue weighted by atomic mass is 16.4. The molecule has 0 aliphatic rings. The Kier molecular flexibility index (Phi) is 7.10. The third kappa shape index (κ3) is 5.83. The lowest BCUT2D eigenvalue weighted by molar-refractivity contribution is -0.137. The molecule has 0 amide bonds. The van der Waals surface area contributed by atoms with Crippen molar-refractivity contribution in [3.8, 4) is 0 Å². The van der Waals surface area contributed by atoms with E-state index in [4.69, 9.17) is 15.3 Å². The Labute approximate surface area is 138 Å². The normalized spacial score (nSPS) is 11.0. The molecule has 0 saturated heterocycles. The summed E-state index contributed by atoms with van der Waals surface area (Å²) in [7, 11) is 0. The van der Waals surface area contributed by atoms with E-state index in [0.29, 0.717) is 5.56 Å². The van der Waals surface area contributed by atoms with Gasteiger partial charge in [0.05, 0.1) is 0 Å². The molecule has 0 heterocycles. The molecule has 0 atom stereocenters. The van der Waals surface area contributed by atoms with Gasteiger partial charge in [0.2, 0.25) is 0 Å². The molecule has 1 rings (SSSR count). The molecule has 0 aromatic heterocycles. The van der Waals surface area contributed by atoms with Gasteiger partial charge in [0, 0.05) is 30.2 Å². The Morgan fingerprint density at radius 1 is 0.708 bits per heavy atom. The highest BCUT2D eigenvalue weighted by Gasteiger charge is 2.39. The number of carboxylic acids is 3. The van der Waals surface area contributed by atoms with Gasteiger partial charge in [-0.15, -0.1) is 0 Å². The Hall–Kier alpha value is -2.70. The molecule has 3 N–H and O–H groups in total. The second-order valence-corrected chi connectivity index (χ2v) is 5.66. The number of carbonyl (C=O) groups excluding carboxylic acids is 1. The third-order valence-electron chi connectivity index (χ3n) is 3.97. The fourth-order valence-corrected chi connectivity index (χ4v) is 2.65. The van der Waals surface area contributed by atoms with Gasteiger partial charge in [0.1, 0.15) is 0 Å². The van der Waals surface area contributed by atoms with E-state index in [2.05, 4.69) is 0 Å². The Bertz CT molecular complexity index is 561. The number of carboxylic acid groups (broad SMARTS) is 3. The van der Waals surface area contributed by atoms with E-state index in [-0.39, 0.29) is 38.5 Å². The van der Waals surface area contributed by atoms with Crippen molar-refractivity contribution < 1.29 is 34.5 Å². The van der Waals surface area contributed by atoms with Crippen LogP contribution in [0.1, 0.15) is 48.9 Å². The smallest absolute Gasteiger partial charge is 0.303 e. The monoisotopic (exact) mass is 336 g/mol. The van der Waals surface area contributed by atoms with Crippen LogP contribution in [-0.2, 0) is 14.4 Å². The summed E-state index contributed by atoms with van der Waals surface area (Å²) in [5, 5.41) is 26.8. The van der Waals surface area contributed by atoms with Gasteiger partial charge in [-0.25, -0.2) is 0 Å². The van der Waals surface area contributed by atoms with Gasteiger partial charge >= 0.3 is 17.9 Å². The lowest BCUT2D eigenvalue weighted by atomic mass is 9.70. The standard InChI is InChI=1S/C17H20O7/c18-13(19)6-9-17(10-7-14(20)21,11-8-15(22)23)16(24)12-4-2-1-3-5-12/h1-5H,6-11H2,(H,18,19)(H,20,21)(H,22,23). The van der Waals surface area contributed by atoms with Gasteiger partial charge < -0.3 is 15.3 Å². The molecule has 0 fully saturated rings. The molecule has 0 bridgehead atoms. The van der Waals surface area contributed by atoms with E-state index in [9.17, 15) is 19.2 Å². The molecule has 0 unspecified atom stereocenters. The Morgan fingerprint density at radius 3 is 1.42 bits per heavy atom. The second kappa shape index (κ2) is 8.81. The second-order valence-electron chi connectivity index (χ2n) is 5.66. The topological polar surface area (TPSA) is 129 Å². The van der Waals surface area contributed by atoms with E-state index in [0.717, 1.165) is 0 Å². The van der Waals surface area contributed by atoms with Crippen molar-refractivity contribution in [2.24, 2.45) is 5.41 Å². The zero-order valence-corrected chi connectivity index (χ0v) is 13.1. The average Bonchev–Trinajstić information content (AvgIpc) is 2.54. The number of aliphatic carboxylic acids is 3. The Morgan fingerprint density at radius 2 is 1.08 bits per heavy atom. The van der Waals surface area contributed by atoms with Crippen molar-refractivity contribution in [1.29, 1.82) is 0 Å². The first-order chi connectivity index (χ1) is 11.3. The van der Waals surface area contributed by atoms with Crippen LogP contribution in [0.5, 0.6) is 0 Å². The highest BCUT2D eigenvalue weighted by molar-refractivity contribution is 6.01. The van der Waals surface area contributed by atoms with E-state index in [1.165, 1.54) is 0 Å². The summed E-state index contributed by atoms with van der Waals surface area (Å²) in [6.07, 6.45) is -1.31. The van der Waals surface area contributed by atoms with E-state index in [1.54, 1.807) is 30.3 Å². The van der Waals surface area contributed by atoms with Gasteiger partial charge in [0.15, 0.2) is 5.78 Å². The maximum Gasteiger partial charge on any atom is 0.303 e. The van der Waals surface area contributed by atoms with Gasteiger partial charge in [-0.1, -0.05) is 30.3 Å². The van der Waals surface area contributed by atoms with Crippen LogP contribution in [0.2, 0.25) is 0 Å². The molecule has 24 heavy (non-hydrogen) atoms. The first kappa shape index (κ1) is 19.3. The van der Waals surface area contributed by atoms with Gasteiger partial charge in [-0.3, -0.25) is 19.2 Å². The van der Waals surface area contributed by atoms with Crippen molar-refractivity contribution in [3.63, 3.8) is 0 Å². The van der Waals surface area contributed by atoms with Crippen LogP contribution in [0.25, 0.3) is 0 Å². The fraction of sp³-hybridized carbons (Fsp3) is 0.412. The average molecular weight is 336 g/mol. The summed E-state index contributed by atoms with van der Waals surface area (Å²) in [5.74, 6) is -3.77. The fourth-order valence-electron chi connectivity index (χ4n) is 2.65. The maximum absolute atomic E-state index is 12.9. The SMILES string of the molecule is O=C(O)CCC(CCC(=O)O)(CCC(=O)O)C(=O)c1ccccc1. The lowest BCUT2D eigenvalue weighted by Crippen LogP contribution is -2.34. The van der Waals surface area contributed by atoms with Crippen LogP contribution >= 0.6 is 0 Å². The van der Waals surface area contributed by atoms with Crippen molar-refractivity contribution in [2.45, 2.75) is 38.5 Å². The third-order valence-corrected chi connectivity index (χ3v) is 3.97. The van der Waals surface area contributed by atoms with Crippen LogP contribution in [0.15, 0.2) is 30.3 Å². The summed E-state index contributed by atoms with van der Waals surface area (Å²) < 4.78 is 0. The van der Waals surface area contributed by atoms with Crippen LogP contribution in [0, 0.1) is 5.41 Å². The first-order valence-electron chi connectivity index (χ1n) is 7.52. The quantitative estimate of drug-likeness (QED) is 0.529. The molecular formula is C17H20O7. The maximum atomic E-state index is 12.9. The molecule has 0 saturated carbocycles. The van der Waals surface area contributed by atoms with Crippen molar-refractivity contribution >= 4 is 23.7 Å². The zero-order valence-electron chi connectivity index (χ0n) is 13.1. The number of hydrogen-bond donors (Lipinski definition) is 3. The van der Waals surface area contributed by atoms with E-state index < -0.39 is 29.1 Å². The van der Waals surface area contributed by atoms with Gasteiger partial charge in [-0.2, -0.15) is 0 Å². The van der Waals surface area contributed by atoms with Crippen molar-refractivity contribution in [1.82, 2.24) is 0 Å². The zero-order chi connectivity index (χ0) is 18.2. The van der Waals surface area contributed by atoms with Crippen LogP contribution in [0.4, 0.5) is 0 Å². The molecule has 7 heteroatoms. The van der Waals surface area contributed by atoms with Crippen LogP contribution in [0.3, 0.4) is 0 Å². The molecule has 1 aromatic rings. The van der Waals surface area contributed by atoms with Crippen molar-refractivity contribution in [2.75, 3.05) is 0 Å². The van der Waals surface area contributed by atoms with Gasteiger partial charge in [0.25, 0.3) is 0 Å². The number of rotatable bonds is 11. The summed E-state index contributed by atoms with van der Waals surface area (Å²) in [5.41, 5.74) is -1.00. The minimum Gasteiger partial charge on any atom is -0.481 e. The van der Waals surface area contributed by atoms with Gasteiger partial charge in [-0.05, 0) is 19.3 Å². The van der Waals surface area contributed by atoms with Crippen LogP contribution in [-0.4, -0.2) is 39.0 Å². The highest BCUT2D eigenvalue weighted by Crippen LogP contribution is 2.38. The van der Waals surface area contributed by atoms with Crippen LogP contribution < -0.4 is 0 Å². The first-order valence-corrected chi connectivity index (χ1v) is 7.52. The number of benzene rings is 1. The van der Waals surface area contributed by atoms with E-state index >= 15 is 0 Å². The summed E-state index contributed by atoms with van der Waals surface area (Å²) in [6, 6.07) is 8.11. The largest absolute Gasteiger partial charge is 0.481 e. The summed E-state index contributed by atoms with van der Waals surface area (Å²) in [4.78, 5) is 45.7. The molecule has 130 valence electrons. The molecule has 0 spiro atoms. The molecule has 0 aliphatic carbocycles. The number of Topliss-reactive ketones (excluding diaryl/α,β-unsaturated/α-hetero) is 1. The number of carbonyl (C=O) groups is 4. The van der Waals surface area contributed by atoms with Crippen molar-refractivity contribution in [3.05, 3.63) is 35.9 Å². The molecule has 0 aliphatic heterocycles. The van der Waals surface area contributed by atoms with E-state index in [1.807, 2.05) is 0 Å². The Balaban J connectivity index is 3.19. The minimum absolute atomic E-state index is 0.101. The number of ketones is 1. The minimum atomic E-state index is -1.32. The number of hydrogen-bond acceptors (Lipinski definition) is 4. The molecule has 1 aromatic carbocycles. The molecule has 7 nitrogen and oxygen atoms in total. The summed E-state index contributed by atoms with van der Waals surface area (Å²) in [6.45, 7) is 0. The molecule has 0 radical (unpaired) electrons.